The van der Waals surface area contributed by atoms with Crippen molar-refractivity contribution in [3.8, 4) is 5.75 Å². The first-order chi connectivity index (χ1) is 14.2. The first kappa shape index (κ1) is 22.3. The molecule has 0 unspecified atom stereocenters. The van der Waals surface area contributed by atoms with Gasteiger partial charge in [0.15, 0.2) is 0 Å². The number of sulfonamides is 1. The van der Waals surface area contributed by atoms with Gasteiger partial charge in [0, 0.05) is 24.7 Å². The molecule has 0 saturated heterocycles. The summed E-state index contributed by atoms with van der Waals surface area (Å²) in [4.78, 5) is 14.1. The van der Waals surface area contributed by atoms with Crippen molar-refractivity contribution < 1.29 is 17.9 Å². The van der Waals surface area contributed by atoms with E-state index in [1.54, 1.807) is 30.2 Å². The van der Waals surface area contributed by atoms with Crippen LogP contribution in [0.1, 0.15) is 50.8 Å². The van der Waals surface area contributed by atoms with Crippen LogP contribution >= 0.6 is 0 Å². The lowest BCUT2D eigenvalue weighted by molar-refractivity contribution is -0.118. The molecule has 0 radical (unpaired) electrons. The Bertz CT molecular complexity index is 1000. The van der Waals surface area contributed by atoms with Crippen LogP contribution in [0.2, 0.25) is 0 Å². The maximum atomic E-state index is 13.2. The number of hydrogen-bond donors (Lipinski definition) is 1. The van der Waals surface area contributed by atoms with Gasteiger partial charge >= 0.3 is 0 Å². The maximum absolute atomic E-state index is 13.2. The number of nitrogens with zero attached hydrogens (tertiary/aromatic N) is 1. The van der Waals surface area contributed by atoms with E-state index in [1.807, 2.05) is 31.2 Å². The Balaban J connectivity index is 1.87. The fourth-order valence-corrected chi connectivity index (χ4v) is 5.10. The number of hydrogen-bond acceptors (Lipinski definition) is 4. The fraction of sp³-hybridized carbons (Fsp3) is 0.435. The number of benzene rings is 2. The monoisotopic (exact) mass is 430 g/mol. The van der Waals surface area contributed by atoms with E-state index in [1.165, 1.54) is 0 Å². The van der Waals surface area contributed by atoms with Crippen molar-refractivity contribution in [3.63, 3.8) is 0 Å². The first-order valence-corrected chi connectivity index (χ1v) is 11.8. The zero-order chi connectivity index (χ0) is 21.9. The first-order valence-electron chi connectivity index (χ1n) is 10.3. The number of carbonyl (C=O) groups excluding carboxylic acids is 1. The smallest absolute Gasteiger partial charge is 0.241 e. The molecule has 3 rings (SSSR count). The Morgan fingerprint density at radius 1 is 1.17 bits per heavy atom. The van der Waals surface area contributed by atoms with Crippen molar-refractivity contribution in [2.45, 2.75) is 51.0 Å². The Morgan fingerprint density at radius 2 is 1.87 bits per heavy atom. The molecule has 0 fully saturated rings. The largest absolute Gasteiger partial charge is 0.497 e. The van der Waals surface area contributed by atoms with Crippen LogP contribution in [0.25, 0.3) is 0 Å². The average molecular weight is 431 g/mol. The second-order valence-electron chi connectivity index (χ2n) is 8.02. The molecule has 1 aliphatic heterocycles. The molecular weight excluding hydrogens is 400 g/mol. The van der Waals surface area contributed by atoms with E-state index in [-0.39, 0.29) is 16.8 Å². The standard InChI is InChI=1S/C23H30N2O4S/c1-5-23(26)25-13-12-18-15-20(10-11-22(18)25)30(27,28)24-21(14-16(2)3)17-6-8-19(29-4)9-7-17/h6-11,15-16,21,24H,5,12-14H2,1-4H3/t21-/m0/s1. The molecule has 6 nitrogen and oxygen atoms in total. The number of amides is 1. The Morgan fingerprint density at radius 3 is 2.47 bits per heavy atom. The SMILES string of the molecule is CCC(=O)N1CCc2cc(S(=O)(=O)N[C@@H](CC(C)C)c3ccc(OC)cc3)ccc21. The van der Waals surface area contributed by atoms with Crippen LogP contribution in [0.5, 0.6) is 5.75 Å². The molecule has 2 aromatic carbocycles. The number of rotatable bonds is 8. The summed E-state index contributed by atoms with van der Waals surface area (Å²) in [6.07, 6.45) is 1.77. The summed E-state index contributed by atoms with van der Waals surface area (Å²) < 4.78 is 34.4. The molecule has 2 aromatic rings. The molecule has 0 spiro atoms. The van der Waals surface area contributed by atoms with Gasteiger partial charge in [0.25, 0.3) is 0 Å². The minimum absolute atomic E-state index is 0.0546. The molecule has 30 heavy (non-hydrogen) atoms. The number of fused-ring (bicyclic) bond motifs is 1. The van der Waals surface area contributed by atoms with Crippen LogP contribution < -0.4 is 14.4 Å². The van der Waals surface area contributed by atoms with Crippen LogP contribution in [-0.2, 0) is 21.2 Å². The van der Waals surface area contributed by atoms with Crippen LogP contribution in [0.3, 0.4) is 0 Å². The maximum Gasteiger partial charge on any atom is 0.241 e. The minimum atomic E-state index is -3.72. The summed E-state index contributed by atoms with van der Waals surface area (Å²) in [5.41, 5.74) is 2.60. The normalized spacial score (nSPS) is 14.6. The highest BCUT2D eigenvalue weighted by atomic mass is 32.2. The van der Waals surface area contributed by atoms with E-state index in [2.05, 4.69) is 18.6 Å². The van der Waals surface area contributed by atoms with Gasteiger partial charge in [-0.2, -0.15) is 0 Å². The van der Waals surface area contributed by atoms with E-state index in [4.69, 9.17) is 4.74 Å². The van der Waals surface area contributed by atoms with E-state index in [0.717, 1.165) is 22.6 Å². The van der Waals surface area contributed by atoms with E-state index >= 15 is 0 Å². The van der Waals surface area contributed by atoms with E-state index in [9.17, 15) is 13.2 Å². The zero-order valence-electron chi connectivity index (χ0n) is 18.0. The van der Waals surface area contributed by atoms with Crippen LogP contribution in [0.4, 0.5) is 5.69 Å². The second-order valence-corrected chi connectivity index (χ2v) is 9.73. The summed E-state index contributed by atoms with van der Waals surface area (Å²) in [7, 11) is -2.11. The van der Waals surface area contributed by atoms with Crippen LogP contribution in [0, 0.1) is 5.92 Å². The van der Waals surface area contributed by atoms with Crippen molar-refractivity contribution >= 4 is 21.6 Å². The number of nitrogens with one attached hydrogen (secondary N) is 1. The third-order valence-electron chi connectivity index (χ3n) is 5.38. The quantitative estimate of drug-likeness (QED) is 0.685. The molecule has 162 valence electrons. The fourth-order valence-electron chi connectivity index (χ4n) is 3.81. The highest BCUT2D eigenvalue weighted by Gasteiger charge is 2.27. The molecule has 1 amide bonds. The molecule has 0 aliphatic carbocycles. The van der Waals surface area contributed by atoms with Crippen molar-refractivity contribution in [2.24, 2.45) is 5.92 Å². The average Bonchev–Trinajstić information content (AvgIpc) is 3.15. The van der Waals surface area contributed by atoms with Gasteiger partial charge in [0.2, 0.25) is 15.9 Å². The molecular formula is C23H30N2O4S. The molecule has 1 atom stereocenters. The predicted molar refractivity (Wildman–Crippen MR) is 118 cm³/mol. The molecule has 0 aromatic heterocycles. The number of carbonyl (C=O) groups is 1. The molecule has 1 heterocycles. The van der Waals surface area contributed by atoms with E-state index < -0.39 is 10.0 Å². The Labute approximate surface area is 179 Å². The summed E-state index contributed by atoms with van der Waals surface area (Å²) >= 11 is 0. The topological polar surface area (TPSA) is 75.7 Å². The van der Waals surface area contributed by atoms with Crippen molar-refractivity contribution in [3.05, 3.63) is 53.6 Å². The number of anilines is 1. The molecule has 0 bridgehead atoms. The van der Waals surface area contributed by atoms with Gasteiger partial charge in [0.1, 0.15) is 5.75 Å². The molecule has 7 heteroatoms. The lowest BCUT2D eigenvalue weighted by Crippen LogP contribution is -2.30. The molecule has 1 aliphatic rings. The summed E-state index contributed by atoms with van der Waals surface area (Å²) in [5.74, 6) is 1.10. The van der Waals surface area contributed by atoms with Gasteiger partial charge in [-0.3, -0.25) is 4.79 Å². The van der Waals surface area contributed by atoms with Gasteiger partial charge < -0.3 is 9.64 Å². The molecule has 1 N–H and O–H groups in total. The number of methoxy groups -OCH3 is 1. The number of ether oxygens (including phenoxy) is 1. The zero-order valence-corrected chi connectivity index (χ0v) is 18.8. The van der Waals surface area contributed by atoms with Crippen LogP contribution in [-0.4, -0.2) is 28.0 Å². The van der Waals surface area contributed by atoms with Gasteiger partial charge in [-0.05, 0) is 60.2 Å². The molecule has 0 saturated carbocycles. The summed E-state index contributed by atoms with van der Waals surface area (Å²) in [6, 6.07) is 12.2. The Kier molecular flexibility index (Phi) is 6.83. The van der Waals surface area contributed by atoms with Crippen LogP contribution in [0.15, 0.2) is 47.4 Å². The van der Waals surface area contributed by atoms with Crippen molar-refractivity contribution in [1.82, 2.24) is 4.72 Å². The third-order valence-corrected chi connectivity index (χ3v) is 6.85. The summed E-state index contributed by atoms with van der Waals surface area (Å²) in [6.45, 7) is 6.57. The van der Waals surface area contributed by atoms with Gasteiger partial charge in [0.05, 0.1) is 12.0 Å². The highest BCUT2D eigenvalue weighted by molar-refractivity contribution is 7.89. The van der Waals surface area contributed by atoms with E-state index in [0.29, 0.717) is 31.7 Å². The van der Waals surface area contributed by atoms with Gasteiger partial charge in [-0.25, -0.2) is 13.1 Å². The summed E-state index contributed by atoms with van der Waals surface area (Å²) in [5, 5.41) is 0. The minimum Gasteiger partial charge on any atom is -0.497 e. The second kappa shape index (κ2) is 9.18. The third kappa shape index (κ3) is 4.84. The van der Waals surface area contributed by atoms with Crippen molar-refractivity contribution in [1.29, 1.82) is 0 Å². The van der Waals surface area contributed by atoms with Gasteiger partial charge in [-0.1, -0.05) is 32.9 Å². The Hall–Kier alpha value is -2.38. The van der Waals surface area contributed by atoms with Crippen molar-refractivity contribution in [2.75, 3.05) is 18.6 Å². The van der Waals surface area contributed by atoms with Gasteiger partial charge in [-0.15, -0.1) is 0 Å². The highest BCUT2D eigenvalue weighted by Crippen LogP contribution is 2.32. The lowest BCUT2D eigenvalue weighted by atomic mass is 9.98. The lowest BCUT2D eigenvalue weighted by Gasteiger charge is -2.22. The predicted octanol–water partition coefficient (Wildman–Crippen LogP) is 4.06.